The molecule has 7 nitrogen and oxygen atoms in total. The second-order valence-electron chi connectivity index (χ2n) is 5.90. The SMILES string of the molecule is COc1cccc(-c2ccnc3c(C(=O)NCc4cccnc4)cnn23)c1. The highest BCUT2D eigenvalue weighted by atomic mass is 16.5. The first kappa shape index (κ1) is 16.7. The summed E-state index contributed by atoms with van der Waals surface area (Å²) in [7, 11) is 1.62. The summed E-state index contributed by atoms with van der Waals surface area (Å²) in [5, 5.41) is 7.25. The van der Waals surface area contributed by atoms with Crippen molar-refractivity contribution in [2.45, 2.75) is 6.54 Å². The van der Waals surface area contributed by atoms with Crippen LogP contribution >= 0.6 is 0 Å². The van der Waals surface area contributed by atoms with Gasteiger partial charge in [-0.25, -0.2) is 9.50 Å². The van der Waals surface area contributed by atoms with E-state index in [1.54, 1.807) is 30.2 Å². The van der Waals surface area contributed by atoms with E-state index >= 15 is 0 Å². The molecule has 0 bridgehead atoms. The molecule has 1 N–H and O–H groups in total. The Bertz CT molecular complexity index is 1090. The Morgan fingerprint density at radius 2 is 2.07 bits per heavy atom. The third-order valence-electron chi connectivity index (χ3n) is 4.19. The maximum absolute atomic E-state index is 12.6. The van der Waals surface area contributed by atoms with Crippen molar-refractivity contribution in [3.63, 3.8) is 0 Å². The summed E-state index contributed by atoms with van der Waals surface area (Å²) < 4.78 is 6.95. The van der Waals surface area contributed by atoms with E-state index in [0.717, 1.165) is 22.6 Å². The third-order valence-corrected chi connectivity index (χ3v) is 4.19. The van der Waals surface area contributed by atoms with Gasteiger partial charge in [0.25, 0.3) is 5.91 Å². The Morgan fingerprint density at radius 1 is 1.15 bits per heavy atom. The van der Waals surface area contributed by atoms with Crippen LogP contribution in [0.2, 0.25) is 0 Å². The van der Waals surface area contributed by atoms with E-state index in [1.165, 1.54) is 6.20 Å². The Kier molecular flexibility index (Phi) is 4.49. The molecule has 134 valence electrons. The lowest BCUT2D eigenvalue weighted by Crippen LogP contribution is -2.22. The van der Waals surface area contributed by atoms with Gasteiger partial charge in [-0.3, -0.25) is 9.78 Å². The number of amides is 1. The standard InChI is InChI=1S/C20H17N5O2/c1-27-16-6-2-5-15(10-16)18-7-9-22-19-17(13-24-25(18)19)20(26)23-12-14-4-3-8-21-11-14/h2-11,13H,12H2,1H3,(H,23,26). The van der Waals surface area contributed by atoms with Gasteiger partial charge in [-0.1, -0.05) is 18.2 Å². The van der Waals surface area contributed by atoms with E-state index in [2.05, 4.69) is 20.4 Å². The van der Waals surface area contributed by atoms with Gasteiger partial charge < -0.3 is 10.1 Å². The van der Waals surface area contributed by atoms with Crippen LogP contribution in [-0.2, 0) is 6.54 Å². The average Bonchev–Trinajstić information content (AvgIpc) is 3.17. The molecular weight excluding hydrogens is 342 g/mol. The van der Waals surface area contributed by atoms with Crippen LogP contribution in [0.1, 0.15) is 15.9 Å². The van der Waals surface area contributed by atoms with Crippen LogP contribution in [0.25, 0.3) is 16.9 Å². The third kappa shape index (κ3) is 3.35. The second-order valence-corrected chi connectivity index (χ2v) is 5.90. The van der Waals surface area contributed by atoms with E-state index in [9.17, 15) is 4.79 Å². The lowest BCUT2D eigenvalue weighted by atomic mass is 10.1. The van der Waals surface area contributed by atoms with Gasteiger partial charge in [0.05, 0.1) is 19.0 Å². The first-order valence-corrected chi connectivity index (χ1v) is 8.40. The first-order valence-electron chi connectivity index (χ1n) is 8.40. The molecule has 27 heavy (non-hydrogen) atoms. The number of aromatic nitrogens is 4. The minimum atomic E-state index is -0.232. The molecule has 3 aromatic heterocycles. The summed E-state index contributed by atoms with van der Waals surface area (Å²) in [5.74, 6) is 0.517. The van der Waals surface area contributed by atoms with Gasteiger partial charge in [0.2, 0.25) is 0 Å². The van der Waals surface area contributed by atoms with Crippen LogP contribution in [0.4, 0.5) is 0 Å². The number of nitrogens with one attached hydrogen (secondary N) is 1. The zero-order valence-electron chi connectivity index (χ0n) is 14.7. The Balaban J connectivity index is 1.65. The number of rotatable bonds is 5. The minimum Gasteiger partial charge on any atom is -0.497 e. The summed E-state index contributed by atoms with van der Waals surface area (Å²) >= 11 is 0. The summed E-state index contributed by atoms with van der Waals surface area (Å²) in [6.45, 7) is 0.388. The normalized spacial score (nSPS) is 10.7. The topological polar surface area (TPSA) is 81.4 Å². The van der Waals surface area contributed by atoms with Crippen molar-refractivity contribution in [3.05, 3.63) is 78.4 Å². The van der Waals surface area contributed by atoms with Crippen LogP contribution in [0.15, 0.2) is 67.3 Å². The van der Waals surface area contributed by atoms with Crippen molar-refractivity contribution in [2.24, 2.45) is 0 Å². The summed E-state index contributed by atoms with van der Waals surface area (Å²) in [6, 6.07) is 13.3. The highest BCUT2D eigenvalue weighted by molar-refractivity contribution is 5.99. The molecule has 7 heteroatoms. The van der Waals surface area contributed by atoms with Crippen LogP contribution in [-0.4, -0.2) is 32.6 Å². The Hall–Kier alpha value is -3.74. The van der Waals surface area contributed by atoms with Gasteiger partial charge in [0.1, 0.15) is 11.3 Å². The fraction of sp³-hybridized carbons (Fsp3) is 0.100. The molecule has 0 atom stereocenters. The molecule has 0 aliphatic heterocycles. The molecule has 0 saturated carbocycles. The van der Waals surface area contributed by atoms with E-state index in [0.29, 0.717) is 17.8 Å². The van der Waals surface area contributed by atoms with Crippen LogP contribution < -0.4 is 10.1 Å². The predicted octanol–water partition coefficient (Wildman–Crippen LogP) is 2.73. The second kappa shape index (κ2) is 7.25. The van der Waals surface area contributed by atoms with Gasteiger partial charge in [-0.2, -0.15) is 5.10 Å². The molecule has 0 aliphatic carbocycles. The molecule has 1 aromatic carbocycles. The highest BCUT2D eigenvalue weighted by Gasteiger charge is 2.16. The number of carbonyl (C=O) groups is 1. The maximum atomic E-state index is 12.6. The van der Waals surface area contributed by atoms with Crippen molar-refractivity contribution in [3.8, 4) is 17.0 Å². The van der Waals surface area contributed by atoms with Gasteiger partial charge in [0.15, 0.2) is 5.65 Å². The van der Waals surface area contributed by atoms with Crippen molar-refractivity contribution in [1.29, 1.82) is 0 Å². The molecule has 1 amide bonds. The number of carbonyl (C=O) groups excluding carboxylic acids is 1. The number of pyridine rings is 1. The van der Waals surface area contributed by atoms with Crippen molar-refractivity contribution in [2.75, 3.05) is 7.11 Å². The average molecular weight is 359 g/mol. The smallest absolute Gasteiger partial charge is 0.257 e. The van der Waals surface area contributed by atoms with Crippen LogP contribution in [0, 0.1) is 0 Å². The van der Waals surface area contributed by atoms with Crippen LogP contribution in [0.5, 0.6) is 5.75 Å². The number of methoxy groups -OCH3 is 1. The number of hydrogen-bond donors (Lipinski definition) is 1. The zero-order chi connectivity index (χ0) is 18.6. The fourth-order valence-electron chi connectivity index (χ4n) is 2.83. The molecule has 0 spiro atoms. The number of fused-ring (bicyclic) bond motifs is 1. The quantitative estimate of drug-likeness (QED) is 0.592. The van der Waals surface area contributed by atoms with E-state index in [4.69, 9.17) is 4.74 Å². The Morgan fingerprint density at radius 3 is 2.89 bits per heavy atom. The predicted molar refractivity (Wildman–Crippen MR) is 100 cm³/mol. The lowest BCUT2D eigenvalue weighted by Gasteiger charge is -2.07. The number of hydrogen-bond acceptors (Lipinski definition) is 5. The molecule has 3 heterocycles. The van der Waals surface area contributed by atoms with Gasteiger partial charge in [-0.15, -0.1) is 0 Å². The molecule has 0 radical (unpaired) electrons. The van der Waals surface area contributed by atoms with Gasteiger partial charge >= 0.3 is 0 Å². The van der Waals surface area contributed by atoms with Crippen molar-refractivity contribution >= 4 is 11.6 Å². The highest BCUT2D eigenvalue weighted by Crippen LogP contribution is 2.24. The van der Waals surface area contributed by atoms with E-state index in [-0.39, 0.29) is 5.91 Å². The summed E-state index contributed by atoms with van der Waals surface area (Å²) in [5.41, 5.74) is 3.59. The number of nitrogens with zero attached hydrogens (tertiary/aromatic N) is 4. The number of benzene rings is 1. The zero-order valence-corrected chi connectivity index (χ0v) is 14.7. The molecule has 0 unspecified atom stereocenters. The monoisotopic (exact) mass is 359 g/mol. The summed E-state index contributed by atoms with van der Waals surface area (Å²) in [4.78, 5) is 21.0. The molecular formula is C20H17N5O2. The first-order chi connectivity index (χ1) is 13.3. The largest absolute Gasteiger partial charge is 0.497 e. The maximum Gasteiger partial charge on any atom is 0.257 e. The lowest BCUT2D eigenvalue weighted by molar-refractivity contribution is 0.0952. The van der Waals surface area contributed by atoms with Crippen molar-refractivity contribution < 1.29 is 9.53 Å². The van der Waals surface area contributed by atoms with Crippen molar-refractivity contribution in [1.82, 2.24) is 24.9 Å². The fourth-order valence-corrected chi connectivity index (χ4v) is 2.83. The Labute approximate surface area is 155 Å². The van der Waals surface area contributed by atoms with Gasteiger partial charge in [0, 0.05) is 30.7 Å². The molecule has 4 aromatic rings. The van der Waals surface area contributed by atoms with Crippen LogP contribution in [0.3, 0.4) is 0 Å². The van der Waals surface area contributed by atoms with E-state index < -0.39 is 0 Å². The molecule has 0 saturated heterocycles. The minimum absolute atomic E-state index is 0.232. The molecule has 4 rings (SSSR count). The molecule has 0 aliphatic rings. The van der Waals surface area contributed by atoms with E-state index in [1.807, 2.05) is 42.5 Å². The summed E-state index contributed by atoms with van der Waals surface area (Å²) in [6.07, 6.45) is 6.62. The number of ether oxygens (including phenoxy) is 1. The van der Waals surface area contributed by atoms with Gasteiger partial charge in [-0.05, 0) is 29.8 Å². The molecule has 0 fully saturated rings.